The molecule has 0 bridgehead atoms. The first-order valence-electron chi connectivity index (χ1n) is 9.30. The van der Waals surface area contributed by atoms with Crippen molar-refractivity contribution in [2.24, 2.45) is 5.92 Å². The number of nitrogens with zero attached hydrogens (tertiary/aromatic N) is 1. The fourth-order valence-electron chi connectivity index (χ4n) is 3.32. The van der Waals surface area contributed by atoms with Crippen LogP contribution < -0.4 is 4.74 Å². The van der Waals surface area contributed by atoms with Crippen LogP contribution in [-0.4, -0.2) is 15.4 Å². The molecule has 1 atom stereocenters. The van der Waals surface area contributed by atoms with E-state index >= 15 is 0 Å². The van der Waals surface area contributed by atoms with Gasteiger partial charge in [-0.1, -0.05) is 30.7 Å². The second-order valence-corrected chi connectivity index (χ2v) is 8.26. The van der Waals surface area contributed by atoms with Gasteiger partial charge >= 0.3 is 5.97 Å². The van der Waals surface area contributed by atoms with Crippen LogP contribution in [0.5, 0.6) is 5.75 Å². The van der Waals surface area contributed by atoms with E-state index in [2.05, 4.69) is 11.3 Å². The third-order valence-electron chi connectivity index (χ3n) is 5.23. The van der Waals surface area contributed by atoms with Crippen molar-refractivity contribution in [3.8, 4) is 5.75 Å². The minimum absolute atomic E-state index is 0.135. The Morgan fingerprint density at radius 3 is 2.79 bits per heavy atom. The van der Waals surface area contributed by atoms with Crippen LogP contribution in [0.15, 0.2) is 34.7 Å². The fourth-order valence-corrected chi connectivity index (χ4v) is 4.16. The lowest BCUT2D eigenvalue weighted by Crippen LogP contribution is -2.05. The van der Waals surface area contributed by atoms with Crippen molar-refractivity contribution in [2.45, 2.75) is 46.6 Å². The third-order valence-corrected chi connectivity index (χ3v) is 6.41. The lowest BCUT2D eigenvalue weighted by atomic mass is 9.92. The topological polar surface area (TPSA) is 59.4 Å². The number of carbonyl (C=O) groups is 1. The van der Waals surface area contributed by atoms with Crippen LogP contribution in [0, 0.1) is 19.8 Å². The maximum atomic E-state index is 10.8. The Morgan fingerprint density at radius 1 is 1.29 bits per heavy atom. The molecule has 0 spiro atoms. The summed E-state index contributed by atoms with van der Waals surface area (Å²) < 4.78 is 10.7. The van der Waals surface area contributed by atoms with E-state index in [-0.39, 0.29) is 6.42 Å². The number of carboxylic acids is 1. The number of aryl methyl sites for hydroxylation is 1. The van der Waals surface area contributed by atoms with E-state index in [1.54, 1.807) is 0 Å². The molecule has 3 rings (SSSR count). The minimum Gasteiger partial charge on any atom is -0.489 e. The predicted octanol–water partition coefficient (Wildman–Crippen LogP) is 5.90. The zero-order valence-corrected chi connectivity index (χ0v) is 17.9. The van der Waals surface area contributed by atoms with Crippen molar-refractivity contribution in [3.05, 3.63) is 62.6 Å². The van der Waals surface area contributed by atoms with Crippen molar-refractivity contribution < 1.29 is 14.6 Å². The largest absolute Gasteiger partial charge is 0.489 e. The van der Waals surface area contributed by atoms with Gasteiger partial charge in [0, 0.05) is 22.4 Å². The summed E-state index contributed by atoms with van der Waals surface area (Å²) in [5.41, 5.74) is 6.44. The van der Waals surface area contributed by atoms with Gasteiger partial charge in [-0.15, -0.1) is 0 Å². The van der Waals surface area contributed by atoms with Gasteiger partial charge in [0.15, 0.2) is 0 Å². The summed E-state index contributed by atoms with van der Waals surface area (Å²) in [4.78, 5) is 10.8. The number of ether oxygens (including phenoxy) is 1. The molecule has 0 saturated heterocycles. The van der Waals surface area contributed by atoms with Crippen molar-refractivity contribution in [3.63, 3.8) is 0 Å². The quantitative estimate of drug-likeness (QED) is 0.609. The zero-order chi connectivity index (χ0) is 20.3. The Morgan fingerprint density at radius 2 is 2.07 bits per heavy atom. The highest BCUT2D eigenvalue weighted by Gasteiger charge is 2.19. The molecule has 1 unspecified atom stereocenters. The second-order valence-electron chi connectivity index (χ2n) is 7.19. The fraction of sp³-hybridized carbons (Fsp3) is 0.364. The third kappa shape index (κ3) is 4.65. The van der Waals surface area contributed by atoms with Gasteiger partial charge in [0.25, 0.3) is 0 Å². The number of rotatable bonds is 7. The van der Waals surface area contributed by atoms with Crippen LogP contribution in [-0.2, 0) is 17.8 Å². The molecule has 6 heteroatoms. The molecular weight excluding hydrogens is 394 g/mol. The summed E-state index contributed by atoms with van der Waals surface area (Å²) in [6.45, 7) is 6.59. The van der Waals surface area contributed by atoms with Gasteiger partial charge in [-0.3, -0.25) is 4.79 Å². The van der Waals surface area contributed by atoms with Crippen LogP contribution in [0.25, 0.3) is 5.57 Å². The Hall–Kier alpha value is -2.11. The summed E-state index contributed by atoms with van der Waals surface area (Å²) >= 11 is 7.64. The lowest BCUT2D eigenvalue weighted by Gasteiger charge is -2.18. The van der Waals surface area contributed by atoms with Gasteiger partial charge in [0.05, 0.1) is 5.69 Å². The Kier molecular flexibility index (Phi) is 6.57. The Bertz CT molecular complexity index is 945. The summed E-state index contributed by atoms with van der Waals surface area (Å²) in [7, 11) is 0. The molecule has 0 aliphatic heterocycles. The highest BCUT2D eigenvalue weighted by atomic mass is 35.5. The van der Waals surface area contributed by atoms with E-state index in [1.165, 1.54) is 17.1 Å². The maximum Gasteiger partial charge on any atom is 0.303 e. The van der Waals surface area contributed by atoms with Gasteiger partial charge in [-0.05, 0) is 78.5 Å². The number of aromatic nitrogens is 1. The second kappa shape index (κ2) is 8.93. The first-order valence-corrected chi connectivity index (χ1v) is 10.5. The number of carboxylic acid groups (broad SMARTS) is 1. The average molecular weight is 418 g/mol. The van der Waals surface area contributed by atoms with Crippen LogP contribution in [0.4, 0.5) is 0 Å². The van der Waals surface area contributed by atoms with Crippen LogP contribution in [0.2, 0.25) is 0 Å². The van der Waals surface area contributed by atoms with Crippen LogP contribution in [0.1, 0.15) is 47.7 Å². The van der Waals surface area contributed by atoms with Gasteiger partial charge in [0.2, 0.25) is 0 Å². The minimum atomic E-state index is -0.780. The summed E-state index contributed by atoms with van der Waals surface area (Å²) in [5.74, 6) is 0.348. The van der Waals surface area contributed by atoms with Gasteiger partial charge < -0.3 is 9.84 Å². The number of hydrogen-bond acceptors (Lipinski definition) is 4. The van der Waals surface area contributed by atoms with Crippen LogP contribution >= 0.6 is 23.1 Å². The van der Waals surface area contributed by atoms with Crippen LogP contribution in [0.3, 0.4) is 0 Å². The van der Waals surface area contributed by atoms with Crippen molar-refractivity contribution in [1.82, 2.24) is 4.37 Å². The van der Waals surface area contributed by atoms with Gasteiger partial charge in [-0.25, -0.2) is 0 Å². The molecule has 148 valence electrons. The molecule has 1 N–H and O–H groups in total. The molecule has 4 nitrogen and oxygen atoms in total. The van der Waals surface area contributed by atoms with E-state index in [4.69, 9.17) is 21.4 Å². The first kappa shape index (κ1) is 20.6. The SMILES string of the molecule is Cc1c(CCC(=O)O)ccc(OCc2csnc2C2=CC=C(Cl)C(C)C2)c1C. The number of halogens is 1. The normalized spacial score (nSPS) is 16.5. The smallest absolute Gasteiger partial charge is 0.303 e. The summed E-state index contributed by atoms with van der Waals surface area (Å²) in [5, 5.41) is 11.8. The molecule has 0 amide bonds. The van der Waals surface area contributed by atoms with E-state index in [0.29, 0.717) is 18.9 Å². The summed E-state index contributed by atoms with van der Waals surface area (Å²) in [6, 6.07) is 3.90. The summed E-state index contributed by atoms with van der Waals surface area (Å²) in [6.07, 6.45) is 5.55. The molecule has 1 heterocycles. The highest BCUT2D eigenvalue weighted by Crippen LogP contribution is 2.34. The number of aliphatic carboxylic acids is 1. The molecule has 1 aromatic carbocycles. The van der Waals surface area contributed by atoms with Gasteiger partial charge in [-0.2, -0.15) is 4.37 Å². The predicted molar refractivity (Wildman–Crippen MR) is 114 cm³/mol. The molecule has 0 fully saturated rings. The van der Waals surface area contributed by atoms with Crippen molar-refractivity contribution >= 4 is 34.7 Å². The molecule has 2 aromatic rings. The molecule has 1 aliphatic rings. The van der Waals surface area contributed by atoms with E-state index in [1.807, 2.05) is 43.5 Å². The molecule has 0 saturated carbocycles. The van der Waals surface area contributed by atoms with E-state index in [0.717, 1.165) is 45.2 Å². The zero-order valence-electron chi connectivity index (χ0n) is 16.3. The molecule has 28 heavy (non-hydrogen) atoms. The Balaban J connectivity index is 1.73. The number of hydrogen-bond donors (Lipinski definition) is 1. The lowest BCUT2D eigenvalue weighted by molar-refractivity contribution is -0.136. The number of benzene rings is 1. The molecule has 1 aliphatic carbocycles. The van der Waals surface area contributed by atoms with Crippen molar-refractivity contribution in [1.29, 1.82) is 0 Å². The van der Waals surface area contributed by atoms with E-state index in [9.17, 15) is 4.79 Å². The molecule has 1 aromatic heterocycles. The van der Waals surface area contributed by atoms with E-state index < -0.39 is 5.97 Å². The molecule has 0 radical (unpaired) electrons. The Labute approximate surface area is 174 Å². The monoisotopic (exact) mass is 417 g/mol. The first-order chi connectivity index (χ1) is 13.4. The molecular formula is C22H24ClNO3S. The van der Waals surface area contributed by atoms with Gasteiger partial charge in [0.1, 0.15) is 12.4 Å². The highest BCUT2D eigenvalue weighted by molar-refractivity contribution is 7.03. The maximum absolute atomic E-state index is 10.8. The standard InChI is InChI=1S/C22H24ClNO3S/c1-13-10-17(4-7-19(13)23)22-18(12-28-24-22)11-27-20-8-5-16(6-9-21(25)26)14(2)15(20)3/h4-5,7-8,12-13H,6,9-11H2,1-3H3,(H,25,26). The van der Waals surface area contributed by atoms with Crippen molar-refractivity contribution in [2.75, 3.05) is 0 Å². The number of allylic oxidation sites excluding steroid dienone is 4. The average Bonchev–Trinajstić information content (AvgIpc) is 3.13.